The van der Waals surface area contributed by atoms with Gasteiger partial charge in [0.1, 0.15) is 5.69 Å². The Balaban J connectivity index is 3.42. The van der Waals surface area contributed by atoms with Gasteiger partial charge in [-0.25, -0.2) is 0 Å². The van der Waals surface area contributed by atoms with E-state index < -0.39 is 4.92 Å². The average molecular weight is 227 g/mol. The van der Waals surface area contributed by atoms with Gasteiger partial charge in [0.05, 0.1) is 4.92 Å². The molecule has 1 heterocycles. The first-order chi connectivity index (χ1) is 7.52. The van der Waals surface area contributed by atoms with Crippen LogP contribution in [0.15, 0.2) is 5.16 Å². The quantitative estimate of drug-likeness (QED) is 0.256. The number of amidine groups is 1. The zero-order chi connectivity index (χ0) is 12.3. The molecule has 0 spiro atoms. The normalized spacial score (nSPS) is 11.8. The van der Waals surface area contributed by atoms with Crippen LogP contribution in [0.2, 0.25) is 0 Å². The third-order valence-electron chi connectivity index (χ3n) is 2.06. The average Bonchev–Trinajstić information content (AvgIpc) is 2.54. The Morgan fingerprint density at radius 1 is 1.75 bits per heavy atom. The fourth-order valence-corrected chi connectivity index (χ4v) is 1.47. The zero-order valence-corrected chi connectivity index (χ0v) is 9.04. The molecule has 0 bridgehead atoms. The van der Waals surface area contributed by atoms with Crippen molar-refractivity contribution >= 4 is 11.5 Å². The molecule has 0 amide bonds. The van der Waals surface area contributed by atoms with Gasteiger partial charge in [0.25, 0.3) is 0 Å². The predicted octanol–water partition coefficient (Wildman–Crippen LogP) is 0.604. The van der Waals surface area contributed by atoms with E-state index in [0.717, 1.165) is 6.42 Å². The van der Waals surface area contributed by atoms with Crippen molar-refractivity contribution in [3.8, 4) is 0 Å². The van der Waals surface area contributed by atoms with Crippen molar-refractivity contribution in [3.63, 3.8) is 0 Å². The first-order valence-electron chi connectivity index (χ1n) is 4.72. The molecule has 1 rings (SSSR count). The van der Waals surface area contributed by atoms with Crippen LogP contribution in [0.1, 0.15) is 24.7 Å². The molecular weight excluding hydrogens is 214 g/mol. The topological polar surface area (TPSA) is 120 Å². The van der Waals surface area contributed by atoms with Crippen LogP contribution in [0.4, 0.5) is 5.69 Å². The van der Waals surface area contributed by atoms with E-state index in [9.17, 15) is 10.1 Å². The summed E-state index contributed by atoms with van der Waals surface area (Å²) >= 11 is 0. The molecule has 1 aromatic rings. The summed E-state index contributed by atoms with van der Waals surface area (Å²) in [5.41, 5.74) is 5.49. The summed E-state index contributed by atoms with van der Waals surface area (Å²) in [6.07, 6.45) is 0.740. The molecule has 0 radical (unpaired) electrons. The highest BCUT2D eigenvalue weighted by Crippen LogP contribution is 2.22. The molecule has 0 aliphatic rings. The molecule has 8 nitrogen and oxygen atoms in total. The van der Waals surface area contributed by atoms with E-state index in [2.05, 4.69) is 10.3 Å². The molecule has 0 atom stereocenters. The van der Waals surface area contributed by atoms with Crippen LogP contribution < -0.4 is 5.73 Å². The van der Waals surface area contributed by atoms with Gasteiger partial charge in [0.15, 0.2) is 11.5 Å². The monoisotopic (exact) mass is 227 g/mol. The maximum absolute atomic E-state index is 10.8. The number of rotatable bonds is 4. The maximum Gasteiger partial charge on any atom is 0.321 e. The van der Waals surface area contributed by atoms with E-state index in [-0.39, 0.29) is 22.9 Å². The van der Waals surface area contributed by atoms with Crippen molar-refractivity contribution in [3.05, 3.63) is 21.5 Å². The first kappa shape index (κ1) is 12.0. The predicted molar refractivity (Wildman–Crippen MR) is 56.4 cm³/mol. The lowest BCUT2D eigenvalue weighted by Gasteiger charge is -2.02. The van der Waals surface area contributed by atoms with Gasteiger partial charge < -0.3 is 10.9 Å². The maximum atomic E-state index is 10.8. The van der Waals surface area contributed by atoms with E-state index in [4.69, 9.17) is 10.9 Å². The minimum Gasteiger partial charge on any atom is -0.409 e. The fraction of sp³-hybridized carbons (Fsp3) is 0.500. The van der Waals surface area contributed by atoms with E-state index in [1.54, 1.807) is 0 Å². The Bertz CT molecular complexity index is 437. The molecular formula is C8H13N5O3. The summed E-state index contributed by atoms with van der Waals surface area (Å²) in [5.74, 6) is -0.305. The van der Waals surface area contributed by atoms with Gasteiger partial charge in [-0.05, 0) is 13.3 Å². The fourth-order valence-electron chi connectivity index (χ4n) is 1.47. The van der Waals surface area contributed by atoms with Crippen molar-refractivity contribution in [1.29, 1.82) is 0 Å². The van der Waals surface area contributed by atoms with E-state index in [1.807, 2.05) is 6.92 Å². The molecule has 0 saturated carbocycles. The van der Waals surface area contributed by atoms with Gasteiger partial charge in [0.2, 0.25) is 0 Å². The Kier molecular flexibility index (Phi) is 3.44. The highest BCUT2D eigenvalue weighted by Gasteiger charge is 2.27. The van der Waals surface area contributed by atoms with Crippen LogP contribution in [0.25, 0.3) is 0 Å². The summed E-state index contributed by atoms with van der Waals surface area (Å²) in [4.78, 5) is 10.3. The molecule has 3 N–H and O–H groups in total. The van der Waals surface area contributed by atoms with Crippen molar-refractivity contribution in [1.82, 2.24) is 9.78 Å². The highest BCUT2D eigenvalue weighted by atomic mass is 16.6. The number of hydrogen-bond donors (Lipinski definition) is 2. The molecule has 0 fully saturated rings. The third-order valence-corrected chi connectivity index (χ3v) is 2.06. The number of aryl methyl sites for hydroxylation is 2. The van der Waals surface area contributed by atoms with Crippen molar-refractivity contribution in [2.24, 2.45) is 10.9 Å². The van der Waals surface area contributed by atoms with Crippen LogP contribution in [0.5, 0.6) is 0 Å². The smallest absolute Gasteiger partial charge is 0.321 e. The summed E-state index contributed by atoms with van der Waals surface area (Å²) in [6, 6.07) is 0. The molecule has 8 heteroatoms. The summed E-state index contributed by atoms with van der Waals surface area (Å²) < 4.78 is 1.38. The Labute approximate surface area is 91.5 Å². The van der Waals surface area contributed by atoms with Crippen molar-refractivity contribution < 1.29 is 10.1 Å². The molecule has 1 aromatic heterocycles. The second kappa shape index (κ2) is 4.60. The lowest BCUT2D eigenvalue weighted by molar-refractivity contribution is -0.385. The number of nitro groups is 1. The van der Waals surface area contributed by atoms with Crippen LogP contribution in [0.3, 0.4) is 0 Å². The Morgan fingerprint density at radius 3 is 2.81 bits per heavy atom. The van der Waals surface area contributed by atoms with Gasteiger partial charge in [-0.1, -0.05) is 12.1 Å². The summed E-state index contributed by atoms with van der Waals surface area (Å²) in [5, 5.41) is 26.2. The van der Waals surface area contributed by atoms with Crippen molar-refractivity contribution in [2.75, 3.05) is 0 Å². The van der Waals surface area contributed by atoms with Gasteiger partial charge in [-0.15, -0.1) is 0 Å². The van der Waals surface area contributed by atoms with Gasteiger partial charge in [-0.2, -0.15) is 5.10 Å². The summed E-state index contributed by atoms with van der Waals surface area (Å²) in [7, 11) is 0. The number of aromatic nitrogens is 2. The standard InChI is InChI=1S/C8H13N5O3/c1-3-4-12-7(8(9)11-14)6(13(15)16)5(2)10-12/h14H,3-4H2,1-2H3,(H2,9,11). The Morgan fingerprint density at radius 2 is 2.38 bits per heavy atom. The second-order valence-corrected chi connectivity index (χ2v) is 3.25. The van der Waals surface area contributed by atoms with Crippen LogP contribution in [-0.2, 0) is 6.54 Å². The minimum atomic E-state index is -0.581. The largest absolute Gasteiger partial charge is 0.409 e. The highest BCUT2D eigenvalue weighted by molar-refractivity contribution is 5.99. The summed E-state index contributed by atoms with van der Waals surface area (Å²) in [6.45, 7) is 3.89. The van der Waals surface area contributed by atoms with Crippen LogP contribution in [-0.4, -0.2) is 25.7 Å². The van der Waals surface area contributed by atoms with Crippen LogP contribution >= 0.6 is 0 Å². The molecule has 0 aliphatic heterocycles. The SMILES string of the molecule is CCCn1nc(C)c([N+](=O)[O-])c1C(N)=NO. The van der Waals surface area contributed by atoms with Gasteiger partial charge >= 0.3 is 5.69 Å². The molecule has 0 unspecified atom stereocenters. The van der Waals surface area contributed by atoms with E-state index >= 15 is 0 Å². The van der Waals surface area contributed by atoms with Gasteiger partial charge in [-0.3, -0.25) is 14.8 Å². The zero-order valence-electron chi connectivity index (χ0n) is 9.04. The first-order valence-corrected chi connectivity index (χ1v) is 4.72. The van der Waals surface area contributed by atoms with Crippen molar-refractivity contribution in [2.45, 2.75) is 26.8 Å². The number of hydrogen-bond acceptors (Lipinski definition) is 5. The number of oxime groups is 1. The lowest BCUT2D eigenvalue weighted by Crippen LogP contribution is -2.20. The number of nitrogens with zero attached hydrogens (tertiary/aromatic N) is 4. The van der Waals surface area contributed by atoms with E-state index in [0.29, 0.717) is 6.54 Å². The van der Waals surface area contributed by atoms with E-state index in [1.165, 1.54) is 11.6 Å². The van der Waals surface area contributed by atoms with Gasteiger partial charge in [0, 0.05) is 6.54 Å². The second-order valence-electron chi connectivity index (χ2n) is 3.25. The Hall–Kier alpha value is -2.12. The molecule has 16 heavy (non-hydrogen) atoms. The minimum absolute atomic E-state index is 0.0480. The molecule has 0 aliphatic carbocycles. The molecule has 88 valence electrons. The lowest BCUT2D eigenvalue weighted by atomic mass is 10.3. The third kappa shape index (κ3) is 1.95. The van der Waals surface area contributed by atoms with Crippen LogP contribution in [0, 0.1) is 17.0 Å². The molecule has 0 saturated heterocycles. The molecule has 0 aromatic carbocycles. The number of nitrogens with two attached hydrogens (primary N) is 1.